The van der Waals surface area contributed by atoms with Crippen molar-refractivity contribution in [1.82, 2.24) is 15.0 Å². The fourth-order valence-electron chi connectivity index (χ4n) is 4.83. The predicted octanol–water partition coefficient (Wildman–Crippen LogP) is 3.79. The Bertz CT molecular complexity index is 1250. The molecule has 1 aromatic heterocycles. The van der Waals surface area contributed by atoms with Crippen LogP contribution in [0.4, 0.5) is 0 Å². The van der Waals surface area contributed by atoms with Crippen LogP contribution >= 0.6 is 0 Å². The minimum Gasteiger partial charge on any atom is -0.459 e. The minimum absolute atomic E-state index is 0.0303. The molecule has 8 heteroatoms. The Morgan fingerprint density at radius 2 is 2.00 bits per heavy atom. The highest BCUT2D eigenvalue weighted by molar-refractivity contribution is 5.73. The van der Waals surface area contributed by atoms with Gasteiger partial charge in [-0.15, -0.1) is 5.10 Å². The molecule has 0 saturated heterocycles. The molecule has 1 aliphatic rings. The molecule has 184 valence electrons. The number of aryl methyl sites for hydroxylation is 1. The van der Waals surface area contributed by atoms with Crippen LogP contribution in [0.25, 0.3) is 5.69 Å². The summed E-state index contributed by atoms with van der Waals surface area (Å²) in [5, 5.41) is 17.8. The van der Waals surface area contributed by atoms with E-state index < -0.39 is 0 Å². The molecule has 1 aliphatic carbocycles. The zero-order valence-corrected chi connectivity index (χ0v) is 20.6. The van der Waals surface area contributed by atoms with Gasteiger partial charge in [0.1, 0.15) is 18.1 Å². The fraction of sp³-hybridized carbons (Fsp3) is 0.407. The van der Waals surface area contributed by atoms with Crippen LogP contribution in [0.5, 0.6) is 5.75 Å². The summed E-state index contributed by atoms with van der Waals surface area (Å²) in [5.41, 5.74) is 6.53. The van der Waals surface area contributed by atoms with Crippen LogP contribution in [0, 0.1) is 25.7 Å². The highest BCUT2D eigenvalue weighted by Gasteiger charge is 2.31. The normalized spacial score (nSPS) is 15.9. The van der Waals surface area contributed by atoms with Crippen molar-refractivity contribution in [3.05, 3.63) is 70.0 Å². The van der Waals surface area contributed by atoms with Gasteiger partial charge in [0.2, 0.25) is 0 Å². The van der Waals surface area contributed by atoms with Crippen LogP contribution in [-0.2, 0) is 40.4 Å². The van der Waals surface area contributed by atoms with Gasteiger partial charge in [-0.3, -0.25) is 9.59 Å². The van der Waals surface area contributed by atoms with Gasteiger partial charge in [-0.2, -0.15) is 0 Å². The molecule has 0 spiro atoms. The SMILES string of the molecule is CC(=O)Oc1cc(C)c2c(c1C)CC(C(C)C(=O)OCc1cn(-c3ccccc3CO)nn1)CC2. The molecule has 2 atom stereocenters. The van der Waals surface area contributed by atoms with E-state index in [1.54, 1.807) is 10.9 Å². The first-order chi connectivity index (χ1) is 16.8. The number of para-hydroxylation sites is 1. The number of ether oxygens (including phenoxy) is 2. The van der Waals surface area contributed by atoms with Crippen molar-refractivity contribution in [1.29, 1.82) is 0 Å². The maximum atomic E-state index is 12.9. The summed E-state index contributed by atoms with van der Waals surface area (Å²) in [4.78, 5) is 24.4. The van der Waals surface area contributed by atoms with E-state index in [-0.39, 0.29) is 37.0 Å². The minimum atomic E-state index is -0.339. The maximum absolute atomic E-state index is 12.9. The second kappa shape index (κ2) is 10.4. The number of fused-ring (bicyclic) bond motifs is 1. The molecule has 0 bridgehead atoms. The van der Waals surface area contributed by atoms with E-state index in [4.69, 9.17) is 9.47 Å². The van der Waals surface area contributed by atoms with Gasteiger partial charge in [0, 0.05) is 12.5 Å². The largest absolute Gasteiger partial charge is 0.459 e. The zero-order chi connectivity index (χ0) is 25.1. The summed E-state index contributed by atoms with van der Waals surface area (Å²) in [6.45, 7) is 7.24. The summed E-state index contributed by atoms with van der Waals surface area (Å²) in [6.07, 6.45) is 4.21. The second-order valence-electron chi connectivity index (χ2n) is 9.21. The van der Waals surface area contributed by atoms with E-state index in [2.05, 4.69) is 10.3 Å². The van der Waals surface area contributed by atoms with Crippen molar-refractivity contribution in [2.45, 2.75) is 60.2 Å². The van der Waals surface area contributed by atoms with Crippen molar-refractivity contribution in [2.24, 2.45) is 11.8 Å². The number of aliphatic hydroxyl groups excluding tert-OH is 1. The number of hydrogen-bond donors (Lipinski definition) is 1. The predicted molar refractivity (Wildman–Crippen MR) is 129 cm³/mol. The topological polar surface area (TPSA) is 104 Å². The highest BCUT2D eigenvalue weighted by Crippen LogP contribution is 2.38. The van der Waals surface area contributed by atoms with Crippen LogP contribution < -0.4 is 4.74 Å². The lowest BCUT2D eigenvalue weighted by Gasteiger charge is -2.31. The number of carbonyl (C=O) groups is 2. The van der Waals surface area contributed by atoms with Gasteiger partial charge in [-0.25, -0.2) is 4.68 Å². The third kappa shape index (κ3) is 5.27. The number of hydrogen-bond acceptors (Lipinski definition) is 7. The number of rotatable bonds is 7. The lowest BCUT2D eigenvalue weighted by molar-refractivity contribution is -0.151. The lowest BCUT2D eigenvalue weighted by atomic mass is 9.75. The van der Waals surface area contributed by atoms with Gasteiger partial charge in [0.05, 0.1) is 24.4 Å². The molecule has 4 rings (SSSR count). The standard InChI is InChI=1S/C27H31N3O5/c1-16-11-26(35-19(4)32)18(3)24-12-20(9-10-23(16)24)17(2)27(33)34-15-22-13-30(29-28-22)25-8-6-5-7-21(25)14-31/h5-8,11,13,17,20,31H,9-10,12,14-15H2,1-4H3. The first kappa shape index (κ1) is 24.6. The number of carbonyl (C=O) groups excluding carboxylic acids is 2. The quantitative estimate of drug-likeness (QED) is 0.408. The van der Waals surface area contributed by atoms with Gasteiger partial charge >= 0.3 is 11.9 Å². The number of nitrogens with zero attached hydrogens (tertiary/aromatic N) is 3. The Morgan fingerprint density at radius 1 is 1.23 bits per heavy atom. The summed E-state index contributed by atoms with van der Waals surface area (Å²) in [6, 6.07) is 9.30. The number of benzene rings is 2. The molecule has 2 unspecified atom stereocenters. The van der Waals surface area contributed by atoms with Crippen molar-refractivity contribution in [3.8, 4) is 11.4 Å². The monoisotopic (exact) mass is 477 g/mol. The third-order valence-electron chi connectivity index (χ3n) is 6.89. The molecule has 8 nitrogen and oxygen atoms in total. The Kier molecular flexibility index (Phi) is 7.31. The first-order valence-corrected chi connectivity index (χ1v) is 11.9. The number of aliphatic hydroxyl groups is 1. The molecular formula is C27H31N3O5. The van der Waals surface area contributed by atoms with Crippen molar-refractivity contribution in [3.63, 3.8) is 0 Å². The Labute approximate surface area is 204 Å². The Hall–Kier alpha value is -3.52. The third-order valence-corrected chi connectivity index (χ3v) is 6.89. The number of esters is 2. The van der Waals surface area contributed by atoms with Crippen LogP contribution in [0.1, 0.15) is 53.8 Å². The fourth-order valence-corrected chi connectivity index (χ4v) is 4.83. The highest BCUT2D eigenvalue weighted by atomic mass is 16.5. The van der Waals surface area contributed by atoms with Crippen molar-refractivity contribution < 1.29 is 24.2 Å². The molecule has 2 aromatic carbocycles. The molecule has 0 fully saturated rings. The van der Waals surface area contributed by atoms with Crippen LogP contribution in [0.2, 0.25) is 0 Å². The average molecular weight is 478 g/mol. The van der Waals surface area contributed by atoms with Crippen LogP contribution in [0.3, 0.4) is 0 Å². The van der Waals surface area contributed by atoms with E-state index >= 15 is 0 Å². The van der Waals surface area contributed by atoms with Gasteiger partial charge in [-0.05, 0) is 73.4 Å². The summed E-state index contributed by atoms with van der Waals surface area (Å²) >= 11 is 0. The Balaban J connectivity index is 1.41. The van der Waals surface area contributed by atoms with Crippen molar-refractivity contribution >= 4 is 11.9 Å². The molecule has 1 heterocycles. The van der Waals surface area contributed by atoms with E-state index in [1.807, 2.05) is 51.1 Å². The van der Waals surface area contributed by atoms with Gasteiger partial charge in [0.15, 0.2) is 0 Å². The summed E-state index contributed by atoms with van der Waals surface area (Å²) < 4.78 is 12.6. The van der Waals surface area contributed by atoms with E-state index in [0.717, 1.165) is 41.6 Å². The van der Waals surface area contributed by atoms with E-state index in [9.17, 15) is 14.7 Å². The van der Waals surface area contributed by atoms with Gasteiger partial charge in [-0.1, -0.05) is 30.3 Å². The van der Waals surface area contributed by atoms with Crippen molar-refractivity contribution in [2.75, 3.05) is 0 Å². The lowest BCUT2D eigenvalue weighted by Crippen LogP contribution is -2.29. The zero-order valence-electron chi connectivity index (χ0n) is 20.6. The summed E-state index contributed by atoms with van der Waals surface area (Å²) in [7, 11) is 0. The van der Waals surface area contributed by atoms with Gasteiger partial charge < -0.3 is 14.6 Å². The average Bonchev–Trinajstić information content (AvgIpc) is 3.33. The van der Waals surface area contributed by atoms with E-state index in [1.165, 1.54) is 18.1 Å². The Morgan fingerprint density at radius 3 is 2.74 bits per heavy atom. The molecule has 1 N–H and O–H groups in total. The molecule has 3 aromatic rings. The molecule has 0 aliphatic heterocycles. The first-order valence-electron chi connectivity index (χ1n) is 11.9. The van der Waals surface area contributed by atoms with Crippen LogP contribution in [-0.4, -0.2) is 32.0 Å². The van der Waals surface area contributed by atoms with Gasteiger partial charge in [0.25, 0.3) is 0 Å². The maximum Gasteiger partial charge on any atom is 0.309 e. The molecule has 35 heavy (non-hydrogen) atoms. The smallest absolute Gasteiger partial charge is 0.309 e. The molecule has 0 radical (unpaired) electrons. The van der Waals surface area contributed by atoms with Crippen LogP contribution in [0.15, 0.2) is 36.5 Å². The molecule has 0 amide bonds. The van der Waals surface area contributed by atoms with E-state index in [0.29, 0.717) is 11.4 Å². The number of aromatic nitrogens is 3. The summed E-state index contributed by atoms with van der Waals surface area (Å²) in [5.74, 6) is -0.170. The molecular weight excluding hydrogens is 446 g/mol. The molecule has 0 saturated carbocycles. The second-order valence-corrected chi connectivity index (χ2v) is 9.21.